The Kier molecular flexibility index (Phi) is 6.78. The smallest absolute Gasteiger partial charge is 0.405 e. The minimum absolute atomic E-state index is 0.147. The third-order valence-corrected chi connectivity index (χ3v) is 5.08. The van der Waals surface area contributed by atoms with Gasteiger partial charge in [0.1, 0.15) is 11.6 Å². The molecule has 3 rings (SSSR count). The van der Waals surface area contributed by atoms with Gasteiger partial charge in [-0.15, -0.1) is 13.2 Å². The van der Waals surface area contributed by atoms with Crippen LogP contribution in [0.5, 0.6) is 5.75 Å². The second-order valence-corrected chi connectivity index (χ2v) is 7.19. The molecule has 2 aromatic carbocycles. The highest BCUT2D eigenvalue weighted by Crippen LogP contribution is 2.36. The molecule has 1 heterocycles. The van der Waals surface area contributed by atoms with Gasteiger partial charge in [0.15, 0.2) is 5.84 Å². The lowest BCUT2D eigenvalue weighted by atomic mass is 10.2. The van der Waals surface area contributed by atoms with Gasteiger partial charge < -0.3 is 15.2 Å². The summed E-state index contributed by atoms with van der Waals surface area (Å²) in [5.41, 5.74) is 6.92. The maximum atomic E-state index is 12.8. The van der Waals surface area contributed by atoms with E-state index in [2.05, 4.69) is 9.73 Å². The minimum Gasteiger partial charge on any atom is -0.405 e. The van der Waals surface area contributed by atoms with Crippen molar-refractivity contribution in [1.29, 1.82) is 5.41 Å². The van der Waals surface area contributed by atoms with E-state index in [4.69, 9.17) is 15.9 Å². The maximum absolute atomic E-state index is 12.8. The lowest BCUT2D eigenvalue weighted by molar-refractivity contribution is -0.275. The number of alkyl halides is 3. The molecule has 1 fully saturated rings. The molecule has 0 aliphatic carbocycles. The summed E-state index contributed by atoms with van der Waals surface area (Å²) < 4.78 is 49.6. The number of benzene rings is 2. The summed E-state index contributed by atoms with van der Waals surface area (Å²) >= 11 is 1.13. The molecule has 0 aromatic heterocycles. The fourth-order valence-corrected chi connectivity index (χ4v) is 3.56. The van der Waals surface area contributed by atoms with Gasteiger partial charge in [0.05, 0.1) is 18.1 Å². The summed E-state index contributed by atoms with van der Waals surface area (Å²) in [6, 6.07) is 12.9. The molecule has 0 atom stereocenters. The summed E-state index contributed by atoms with van der Waals surface area (Å²) in [4.78, 5) is 4.32. The van der Waals surface area contributed by atoms with Gasteiger partial charge in [0.2, 0.25) is 0 Å². The number of amidine groups is 2. The number of ether oxygens (including phenoxy) is 2. The molecule has 0 saturated carbocycles. The van der Waals surface area contributed by atoms with Crippen molar-refractivity contribution in [2.75, 3.05) is 26.3 Å². The van der Waals surface area contributed by atoms with Crippen LogP contribution in [0, 0.1) is 5.41 Å². The Hall–Kier alpha value is -2.56. The van der Waals surface area contributed by atoms with Crippen molar-refractivity contribution in [3.05, 3.63) is 59.7 Å². The van der Waals surface area contributed by atoms with E-state index in [0.29, 0.717) is 37.4 Å². The molecule has 0 spiro atoms. The van der Waals surface area contributed by atoms with Crippen LogP contribution in [0.3, 0.4) is 0 Å². The zero-order valence-corrected chi connectivity index (χ0v) is 16.1. The lowest BCUT2D eigenvalue weighted by Gasteiger charge is -2.26. The highest BCUT2D eigenvalue weighted by Gasteiger charge is 2.32. The summed E-state index contributed by atoms with van der Waals surface area (Å²) in [5.74, 6) is -0.340. The number of nitrogens with zero attached hydrogens (tertiary/aromatic N) is 2. The third-order valence-electron chi connectivity index (χ3n) is 3.94. The molecular weight excluding hydrogens is 405 g/mol. The van der Waals surface area contributed by atoms with E-state index < -0.39 is 6.36 Å². The number of halogens is 3. The largest absolute Gasteiger partial charge is 0.573 e. The Labute approximate surface area is 170 Å². The van der Waals surface area contributed by atoms with Gasteiger partial charge in [-0.25, -0.2) is 9.30 Å². The quantitative estimate of drug-likeness (QED) is 0.435. The molecule has 0 bridgehead atoms. The number of nitrogens with two attached hydrogens (primary N) is 1. The SMILES string of the molecule is N=C(N=C(N)c1ccccc1)c1ccc(OC(F)(F)F)c(SN2CCOCC2)c1. The highest BCUT2D eigenvalue weighted by atomic mass is 32.2. The summed E-state index contributed by atoms with van der Waals surface area (Å²) in [6.45, 7) is 2.12. The first kappa shape index (κ1) is 21.2. The third kappa shape index (κ3) is 6.21. The minimum atomic E-state index is -4.81. The Morgan fingerprint density at radius 3 is 2.45 bits per heavy atom. The van der Waals surface area contributed by atoms with Gasteiger partial charge in [-0.3, -0.25) is 5.41 Å². The van der Waals surface area contributed by atoms with E-state index in [1.807, 2.05) is 10.4 Å². The van der Waals surface area contributed by atoms with Crippen LogP contribution in [-0.4, -0.2) is 48.6 Å². The zero-order chi connectivity index (χ0) is 20.9. The maximum Gasteiger partial charge on any atom is 0.573 e. The fraction of sp³-hybridized carbons (Fsp3) is 0.263. The molecule has 29 heavy (non-hydrogen) atoms. The van der Waals surface area contributed by atoms with Crippen LogP contribution in [0.2, 0.25) is 0 Å². The van der Waals surface area contributed by atoms with Crippen molar-refractivity contribution in [3.63, 3.8) is 0 Å². The molecule has 2 aromatic rings. The van der Waals surface area contributed by atoms with E-state index >= 15 is 0 Å². The van der Waals surface area contributed by atoms with E-state index in [1.165, 1.54) is 18.2 Å². The van der Waals surface area contributed by atoms with E-state index in [1.54, 1.807) is 24.3 Å². The highest BCUT2D eigenvalue weighted by molar-refractivity contribution is 7.97. The van der Waals surface area contributed by atoms with Crippen molar-refractivity contribution in [1.82, 2.24) is 4.31 Å². The first-order valence-corrected chi connectivity index (χ1v) is 9.48. The Morgan fingerprint density at radius 2 is 1.79 bits per heavy atom. The molecule has 0 radical (unpaired) electrons. The van der Waals surface area contributed by atoms with Gasteiger partial charge in [-0.05, 0) is 30.1 Å². The fourth-order valence-electron chi connectivity index (χ4n) is 2.57. The molecule has 1 aliphatic heterocycles. The van der Waals surface area contributed by atoms with Crippen molar-refractivity contribution in [2.45, 2.75) is 11.3 Å². The Balaban J connectivity index is 1.86. The number of rotatable bonds is 5. The van der Waals surface area contributed by atoms with Crippen LogP contribution in [-0.2, 0) is 4.74 Å². The van der Waals surface area contributed by atoms with Crippen molar-refractivity contribution in [3.8, 4) is 5.75 Å². The number of hydrogen-bond donors (Lipinski definition) is 2. The van der Waals surface area contributed by atoms with Crippen molar-refractivity contribution in [2.24, 2.45) is 10.7 Å². The molecule has 6 nitrogen and oxygen atoms in total. The standard InChI is InChI=1S/C19H19F3N4O2S/c20-19(21,22)28-15-7-6-14(12-16(15)29-26-8-10-27-11-9-26)18(24)25-17(23)13-4-2-1-3-5-13/h1-7,12H,8-11H2,(H3,23,24,25). The summed E-state index contributed by atoms with van der Waals surface area (Å²) in [5, 5.41) is 8.20. The predicted molar refractivity (Wildman–Crippen MR) is 105 cm³/mol. The first-order chi connectivity index (χ1) is 13.8. The molecule has 1 aliphatic rings. The second kappa shape index (κ2) is 9.29. The summed E-state index contributed by atoms with van der Waals surface area (Å²) in [7, 11) is 0. The lowest BCUT2D eigenvalue weighted by Crippen LogP contribution is -2.31. The molecule has 10 heteroatoms. The van der Waals surface area contributed by atoms with Crippen LogP contribution >= 0.6 is 11.9 Å². The zero-order valence-electron chi connectivity index (χ0n) is 15.3. The number of morpholine rings is 1. The van der Waals surface area contributed by atoms with Crippen LogP contribution in [0.15, 0.2) is 58.4 Å². The number of hydrogen-bond acceptors (Lipinski definition) is 5. The van der Waals surface area contributed by atoms with E-state index in [0.717, 1.165) is 11.9 Å². The Morgan fingerprint density at radius 1 is 1.10 bits per heavy atom. The van der Waals surface area contributed by atoms with Crippen LogP contribution in [0.25, 0.3) is 0 Å². The van der Waals surface area contributed by atoms with Crippen LogP contribution in [0.1, 0.15) is 11.1 Å². The van der Waals surface area contributed by atoms with Crippen LogP contribution in [0.4, 0.5) is 13.2 Å². The molecule has 3 N–H and O–H groups in total. The monoisotopic (exact) mass is 424 g/mol. The normalized spacial score (nSPS) is 15.9. The number of nitrogens with one attached hydrogen (secondary N) is 1. The van der Waals surface area contributed by atoms with Crippen molar-refractivity contribution < 1.29 is 22.6 Å². The topological polar surface area (TPSA) is 83.9 Å². The second-order valence-electron chi connectivity index (χ2n) is 6.05. The molecular formula is C19H19F3N4O2S. The molecule has 0 unspecified atom stereocenters. The predicted octanol–water partition coefficient (Wildman–Crippen LogP) is 3.66. The van der Waals surface area contributed by atoms with Gasteiger partial charge in [-0.1, -0.05) is 30.3 Å². The molecule has 1 saturated heterocycles. The van der Waals surface area contributed by atoms with Gasteiger partial charge in [-0.2, -0.15) is 0 Å². The van der Waals surface area contributed by atoms with Crippen molar-refractivity contribution >= 4 is 23.6 Å². The average Bonchev–Trinajstić information content (AvgIpc) is 2.69. The number of aliphatic imine (C=N–C) groups is 1. The van der Waals surface area contributed by atoms with Crippen LogP contribution < -0.4 is 10.5 Å². The first-order valence-electron chi connectivity index (χ1n) is 8.71. The molecule has 0 amide bonds. The average molecular weight is 424 g/mol. The van der Waals surface area contributed by atoms with E-state index in [-0.39, 0.29) is 22.3 Å². The van der Waals surface area contributed by atoms with E-state index in [9.17, 15) is 13.2 Å². The van der Waals surface area contributed by atoms with Gasteiger partial charge in [0, 0.05) is 24.2 Å². The Bertz CT molecular complexity index is 885. The summed E-state index contributed by atoms with van der Waals surface area (Å²) in [6.07, 6.45) is -4.81. The van der Waals surface area contributed by atoms with Gasteiger partial charge >= 0.3 is 6.36 Å². The van der Waals surface area contributed by atoms with Gasteiger partial charge in [0.25, 0.3) is 0 Å². The molecule has 154 valence electrons.